The fraction of sp³-hybridized carbons (Fsp3) is 0.0909. The first-order valence-corrected chi connectivity index (χ1v) is 5.04. The van der Waals surface area contributed by atoms with Crippen LogP contribution in [0.25, 0.3) is 0 Å². The van der Waals surface area contributed by atoms with Gasteiger partial charge in [-0.1, -0.05) is 34.1 Å². The summed E-state index contributed by atoms with van der Waals surface area (Å²) < 4.78 is 6.01. The number of aliphatic hydroxyl groups is 1. The number of furan rings is 1. The third kappa shape index (κ3) is 1.74. The molecule has 0 fully saturated rings. The predicted octanol–water partition coefficient (Wildman–Crippen LogP) is 3.12. The summed E-state index contributed by atoms with van der Waals surface area (Å²) in [5.74, 6) is 0.553. The van der Waals surface area contributed by atoms with Crippen LogP contribution in [-0.2, 0) is 0 Å². The van der Waals surface area contributed by atoms with Crippen molar-refractivity contribution < 1.29 is 9.52 Å². The summed E-state index contributed by atoms with van der Waals surface area (Å²) in [6, 6.07) is 11.0. The molecular weight excluding hydrogens is 244 g/mol. The van der Waals surface area contributed by atoms with Gasteiger partial charge in [-0.2, -0.15) is 0 Å². The first-order chi connectivity index (χ1) is 6.79. The summed E-state index contributed by atoms with van der Waals surface area (Å²) in [5.41, 5.74) is 0.808. The van der Waals surface area contributed by atoms with Gasteiger partial charge in [-0.3, -0.25) is 0 Å². The molecule has 1 atom stereocenters. The summed E-state index contributed by atoms with van der Waals surface area (Å²) in [6.45, 7) is 0. The molecule has 0 bridgehead atoms. The zero-order chi connectivity index (χ0) is 9.97. The molecule has 0 saturated heterocycles. The minimum absolute atomic E-state index is 0.553. The van der Waals surface area contributed by atoms with Crippen molar-refractivity contribution in [3.05, 3.63) is 58.5 Å². The zero-order valence-corrected chi connectivity index (χ0v) is 8.94. The lowest BCUT2D eigenvalue weighted by molar-refractivity contribution is 0.188. The Morgan fingerprint density at radius 2 is 1.93 bits per heavy atom. The van der Waals surface area contributed by atoms with Crippen molar-refractivity contribution in [2.45, 2.75) is 6.10 Å². The smallest absolute Gasteiger partial charge is 0.138 e. The van der Waals surface area contributed by atoms with E-state index in [0.29, 0.717) is 5.76 Å². The first-order valence-electron chi connectivity index (χ1n) is 4.25. The zero-order valence-electron chi connectivity index (χ0n) is 7.35. The average Bonchev–Trinajstić information content (AvgIpc) is 2.70. The van der Waals surface area contributed by atoms with Crippen molar-refractivity contribution in [2.75, 3.05) is 0 Å². The summed E-state index contributed by atoms with van der Waals surface area (Å²) in [4.78, 5) is 0. The van der Waals surface area contributed by atoms with Gasteiger partial charge in [0.05, 0.1) is 6.26 Å². The predicted molar refractivity (Wildman–Crippen MR) is 56.9 cm³/mol. The maximum atomic E-state index is 9.94. The van der Waals surface area contributed by atoms with Gasteiger partial charge in [-0.05, 0) is 18.2 Å². The normalized spacial score (nSPS) is 12.7. The Labute approximate surface area is 90.3 Å². The van der Waals surface area contributed by atoms with Gasteiger partial charge < -0.3 is 9.52 Å². The monoisotopic (exact) mass is 252 g/mol. The van der Waals surface area contributed by atoms with Crippen molar-refractivity contribution in [3.8, 4) is 0 Å². The highest BCUT2D eigenvalue weighted by Crippen LogP contribution is 2.28. The molecule has 1 aromatic carbocycles. The van der Waals surface area contributed by atoms with Crippen LogP contribution in [0.2, 0.25) is 0 Å². The second kappa shape index (κ2) is 3.98. The van der Waals surface area contributed by atoms with E-state index in [1.807, 2.05) is 24.3 Å². The van der Waals surface area contributed by atoms with Crippen molar-refractivity contribution in [1.29, 1.82) is 0 Å². The van der Waals surface area contributed by atoms with Gasteiger partial charge in [-0.15, -0.1) is 0 Å². The molecule has 0 spiro atoms. The molecular formula is C11H9BrO2. The Kier molecular flexibility index (Phi) is 2.70. The van der Waals surface area contributed by atoms with E-state index in [-0.39, 0.29) is 0 Å². The highest BCUT2D eigenvalue weighted by molar-refractivity contribution is 9.10. The molecule has 0 saturated carbocycles. The molecule has 1 heterocycles. The van der Waals surface area contributed by atoms with Crippen LogP contribution in [0.5, 0.6) is 0 Å². The number of hydrogen-bond acceptors (Lipinski definition) is 2. The van der Waals surface area contributed by atoms with Crippen molar-refractivity contribution in [1.82, 2.24) is 0 Å². The van der Waals surface area contributed by atoms with Gasteiger partial charge >= 0.3 is 0 Å². The third-order valence-corrected chi connectivity index (χ3v) is 2.73. The maximum Gasteiger partial charge on any atom is 0.138 e. The Bertz CT molecular complexity index is 409. The van der Waals surface area contributed by atoms with Crippen LogP contribution in [0.1, 0.15) is 17.4 Å². The molecule has 0 aliphatic rings. The molecule has 2 aromatic rings. The third-order valence-electron chi connectivity index (χ3n) is 2.01. The molecule has 0 aliphatic heterocycles. The Hall–Kier alpha value is -1.06. The quantitative estimate of drug-likeness (QED) is 0.891. The largest absolute Gasteiger partial charge is 0.466 e. The maximum absolute atomic E-state index is 9.94. The SMILES string of the molecule is OC(c1ccco1)c1ccccc1Br. The van der Waals surface area contributed by atoms with E-state index in [9.17, 15) is 5.11 Å². The number of hydrogen-bond donors (Lipinski definition) is 1. The van der Waals surface area contributed by atoms with Crippen LogP contribution in [0.3, 0.4) is 0 Å². The lowest BCUT2D eigenvalue weighted by Gasteiger charge is -2.09. The molecule has 1 N–H and O–H groups in total. The number of aliphatic hydroxyl groups excluding tert-OH is 1. The second-order valence-corrected chi connectivity index (χ2v) is 3.79. The van der Waals surface area contributed by atoms with E-state index in [1.54, 1.807) is 18.4 Å². The lowest BCUT2D eigenvalue weighted by atomic mass is 10.1. The van der Waals surface area contributed by atoms with Gasteiger partial charge in [0.2, 0.25) is 0 Å². The molecule has 14 heavy (non-hydrogen) atoms. The number of rotatable bonds is 2. The van der Waals surface area contributed by atoms with E-state index in [1.165, 1.54) is 0 Å². The highest BCUT2D eigenvalue weighted by Gasteiger charge is 2.14. The molecule has 2 rings (SSSR count). The fourth-order valence-corrected chi connectivity index (χ4v) is 1.80. The van der Waals surface area contributed by atoms with Gasteiger partial charge in [0.25, 0.3) is 0 Å². The van der Waals surface area contributed by atoms with Gasteiger partial charge in [-0.25, -0.2) is 0 Å². The number of benzene rings is 1. The summed E-state index contributed by atoms with van der Waals surface area (Å²) in [5, 5.41) is 9.94. The summed E-state index contributed by atoms with van der Waals surface area (Å²) >= 11 is 3.38. The van der Waals surface area contributed by atoms with Crippen LogP contribution in [-0.4, -0.2) is 5.11 Å². The van der Waals surface area contributed by atoms with E-state index < -0.39 is 6.10 Å². The fourth-order valence-electron chi connectivity index (χ4n) is 1.30. The molecule has 0 radical (unpaired) electrons. The lowest BCUT2D eigenvalue weighted by Crippen LogP contribution is -1.98. The van der Waals surface area contributed by atoms with Gasteiger partial charge in [0.1, 0.15) is 11.9 Å². The van der Waals surface area contributed by atoms with Gasteiger partial charge in [0, 0.05) is 10.0 Å². The highest BCUT2D eigenvalue weighted by atomic mass is 79.9. The minimum atomic E-state index is -0.708. The minimum Gasteiger partial charge on any atom is -0.466 e. The average molecular weight is 253 g/mol. The van der Waals surface area contributed by atoms with E-state index in [2.05, 4.69) is 15.9 Å². The van der Waals surface area contributed by atoms with E-state index in [4.69, 9.17) is 4.42 Å². The summed E-state index contributed by atoms with van der Waals surface area (Å²) in [6.07, 6.45) is 0.843. The topological polar surface area (TPSA) is 33.4 Å². The van der Waals surface area contributed by atoms with Gasteiger partial charge in [0.15, 0.2) is 0 Å². The van der Waals surface area contributed by atoms with Crippen LogP contribution >= 0.6 is 15.9 Å². The van der Waals surface area contributed by atoms with E-state index in [0.717, 1.165) is 10.0 Å². The Morgan fingerprint density at radius 3 is 2.57 bits per heavy atom. The van der Waals surface area contributed by atoms with Crippen LogP contribution < -0.4 is 0 Å². The second-order valence-electron chi connectivity index (χ2n) is 2.94. The van der Waals surface area contributed by atoms with Crippen molar-refractivity contribution in [2.24, 2.45) is 0 Å². The molecule has 0 aliphatic carbocycles. The van der Waals surface area contributed by atoms with E-state index >= 15 is 0 Å². The molecule has 3 heteroatoms. The first kappa shape index (κ1) is 9.49. The molecule has 2 nitrogen and oxygen atoms in total. The molecule has 1 unspecified atom stereocenters. The number of halogens is 1. The van der Waals surface area contributed by atoms with Crippen LogP contribution in [0.15, 0.2) is 51.6 Å². The summed E-state index contributed by atoms with van der Waals surface area (Å²) in [7, 11) is 0. The molecule has 0 amide bonds. The molecule has 72 valence electrons. The van der Waals surface area contributed by atoms with Crippen LogP contribution in [0, 0.1) is 0 Å². The standard InChI is InChI=1S/C11H9BrO2/c12-9-5-2-1-4-8(9)11(13)10-6-3-7-14-10/h1-7,11,13H. The Balaban J connectivity index is 2.37. The Morgan fingerprint density at radius 1 is 1.14 bits per heavy atom. The molecule has 1 aromatic heterocycles. The van der Waals surface area contributed by atoms with Crippen LogP contribution in [0.4, 0.5) is 0 Å². The van der Waals surface area contributed by atoms with Crippen molar-refractivity contribution in [3.63, 3.8) is 0 Å². The van der Waals surface area contributed by atoms with Crippen molar-refractivity contribution >= 4 is 15.9 Å².